The van der Waals surface area contributed by atoms with Gasteiger partial charge in [-0.2, -0.15) is 0 Å². The van der Waals surface area contributed by atoms with Gasteiger partial charge in [0.1, 0.15) is 18.2 Å². The van der Waals surface area contributed by atoms with E-state index in [1.54, 1.807) is 11.2 Å². The number of aliphatic hydroxyl groups excluding tert-OH is 1. The molecule has 2 aromatic carbocycles. The monoisotopic (exact) mass is 673 g/mol. The molecule has 6 rings (SSSR count). The van der Waals surface area contributed by atoms with Gasteiger partial charge in [0.2, 0.25) is 0 Å². The number of aliphatic hydroxyl groups is 1. The van der Waals surface area contributed by atoms with Crippen molar-refractivity contribution in [3.63, 3.8) is 0 Å². The zero-order valence-electron chi connectivity index (χ0n) is 27.6. The molecule has 3 saturated heterocycles. The molecule has 3 aliphatic rings. The number of hydrogen-bond donors (Lipinski definition) is 4. The molecule has 0 unspecified atom stereocenters. The number of amides is 3. The lowest BCUT2D eigenvalue weighted by atomic mass is 10.00. The number of aromatic nitrogens is 1. The van der Waals surface area contributed by atoms with Crippen LogP contribution in [0.2, 0.25) is 0 Å². The summed E-state index contributed by atoms with van der Waals surface area (Å²) in [5, 5.41) is 18.8. The van der Waals surface area contributed by atoms with E-state index < -0.39 is 48.5 Å². The van der Waals surface area contributed by atoms with E-state index in [2.05, 4.69) is 21.0 Å². The Hall–Kier alpha value is -4.56. The molecule has 7 atom stereocenters. The number of nitrogens with zero attached hydrogens (tertiary/aromatic N) is 2. The van der Waals surface area contributed by atoms with Crippen LogP contribution >= 0.6 is 0 Å². The van der Waals surface area contributed by atoms with Crippen molar-refractivity contribution in [1.82, 2.24) is 26.1 Å². The Morgan fingerprint density at radius 1 is 1.04 bits per heavy atom. The average molecular weight is 674 g/mol. The van der Waals surface area contributed by atoms with Crippen LogP contribution in [0.5, 0.6) is 0 Å². The fourth-order valence-corrected chi connectivity index (χ4v) is 6.46. The van der Waals surface area contributed by atoms with Gasteiger partial charge >= 0.3 is 12.2 Å². The van der Waals surface area contributed by atoms with Crippen LogP contribution in [0.1, 0.15) is 31.4 Å². The molecule has 0 aliphatic carbocycles. The summed E-state index contributed by atoms with van der Waals surface area (Å²) < 4.78 is 22.3. The van der Waals surface area contributed by atoms with Crippen LogP contribution in [0.4, 0.5) is 9.59 Å². The number of nitrogens with one attached hydrogen (secondary N) is 3. The second kappa shape index (κ2) is 15.8. The Balaban J connectivity index is 1.19. The molecule has 4 N–H and O–H groups in total. The topological polar surface area (TPSA) is 161 Å². The average Bonchev–Trinajstić information content (AvgIpc) is 3.83. The number of carbonyl (C=O) groups excluding carboxylic acids is 3. The third-order valence-corrected chi connectivity index (χ3v) is 9.06. The van der Waals surface area contributed by atoms with Crippen molar-refractivity contribution in [3.05, 3.63) is 90.1 Å². The standard InChI is InChI=1S/C36H43N5O8/c1-22(2)32-31(39-36(45)49-32)33(43)40-41(19-24-11-13-25(14-12-24)27-10-6-7-16-37-27)20-29(42)28(18-23-8-4-3-5-9-23)38-35(44)48-30-21-47-34-26(30)15-17-46-34/h3-14,16,22,26,28-32,34,42H,15,17-21H2,1-2H3,(H,38,44)(H,39,45)(H,40,43)/t26-,28-,29-,30-,31-,32+,34+/m0/s1. The van der Waals surface area contributed by atoms with E-state index in [4.69, 9.17) is 18.9 Å². The van der Waals surface area contributed by atoms with Crippen LogP contribution in [-0.2, 0) is 36.7 Å². The molecule has 3 amide bonds. The Kier molecular flexibility index (Phi) is 11.0. The summed E-state index contributed by atoms with van der Waals surface area (Å²) in [6.45, 7) is 4.67. The largest absolute Gasteiger partial charge is 0.443 e. The third kappa shape index (κ3) is 8.73. The maximum atomic E-state index is 13.6. The van der Waals surface area contributed by atoms with Crippen molar-refractivity contribution in [3.8, 4) is 11.3 Å². The predicted octanol–water partition coefficient (Wildman–Crippen LogP) is 3.17. The highest BCUT2D eigenvalue weighted by Crippen LogP contribution is 2.33. The number of hydrogen-bond acceptors (Lipinski definition) is 10. The van der Waals surface area contributed by atoms with Crippen molar-refractivity contribution in [2.45, 2.75) is 69.9 Å². The Morgan fingerprint density at radius 3 is 2.55 bits per heavy atom. The van der Waals surface area contributed by atoms with Gasteiger partial charge in [-0.25, -0.2) is 14.6 Å². The van der Waals surface area contributed by atoms with E-state index in [-0.39, 0.29) is 37.8 Å². The van der Waals surface area contributed by atoms with Gasteiger partial charge in [-0.1, -0.05) is 74.5 Å². The number of cyclic esters (lactones) is 1. The maximum absolute atomic E-state index is 13.6. The number of benzene rings is 2. The summed E-state index contributed by atoms with van der Waals surface area (Å²) in [7, 11) is 0. The van der Waals surface area contributed by atoms with Crippen LogP contribution in [0.25, 0.3) is 11.3 Å². The van der Waals surface area contributed by atoms with Gasteiger partial charge in [0, 0.05) is 24.8 Å². The minimum absolute atomic E-state index is 0.0345. The number of carbonyl (C=O) groups is 3. The molecule has 13 heteroatoms. The molecule has 3 aliphatic heterocycles. The van der Waals surface area contributed by atoms with E-state index in [9.17, 15) is 19.5 Å². The van der Waals surface area contributed by atoms with E-state index >= 15 is 0 Å². The molecule has 1 aromatic heterocycles. The molecule has 4 heterocycles. The molecule has 3 aromatic rings. The number of pyridine rings is 1. The number of rotatable bonds is 13. The summed E-state index contributed by atoms with van der Waals surface area (Å²) >= 11 is 0. The number of fused-ring (bicyclic) bond motifs is 1. The Morgan fingerprint density at radius 2 is 1.82 bits per heavy atom. The van der Waals surface area contributed by atoms with Gasteiger partial charge in [-0.3, -0.25) is 15.2 Å². The summed E-state index contributed by atoms with van der Waals surface area (Å²) in [4.78, 5) is 43.3. The number of hydrazine groups is 1. The first-order chi connectivity index (χ1) is 23.7. The van der Waals surface area contributed by atoms with Crippen molar-refractivity contribution in [2.24, 2.45) is 11.8 Å². The summed E-state index contributed by atoms with van der Waals surface area (Å²) in [6.07, 6.45) is -1.21. The van der Waals surface area contributed by atoms with Crippen LogP contribution in [0, 0.1) is 11.8 Å². The molecule has 0 spiro atoms. The fourth-order valence-electron chi connectivity index (χ4n) is 6.46. The highest BCUT2D eigenvalue weighted by Gasteiger charge is 2.44. The molecule has 49 heavy (non-hydrogen) atoms. The predicted molar refractivity (Wildman–Crippen MR) is 177 cm³/mol. The third-order valence-electron chi connectivity index (χ3n) is 9.06. The highest BCUT2D eigenvalue weighted by atomic mass is 16.7. The molecule has 0 radical (unpaired) electrons. The molecular formula is C36H43N5O8. The fraction of sp³-hybridized carbons (Fsp3) is 0.444. The minimum atomic E-state index is -1.15. The van der Waals surface area contributed by atoms with Crippen LogP contribution in [-0.4, -0.2) is 89.6 Å². The van der Waals surface area contributed by atoms with Gasteiger partial charge in [0.15, 0.2) is 6.29 Å². The van der Waals surface area contributed by atoms with Gasteiger partial charge < -0.3 is 34.7 Å². The van der Waals surface area contributed by atoms with E-state index in [1.807, 2.05) is 86.6 Å². The second-order valence-electron chi connectivity index (χ2n) is 13.0. The van der Waals surface area contributed by atoms with E-state index in [1.165, 1.54) is 0 Å². The maximum Gasteiger partial charge on any atom is 0.408 e. The summed E-state index contributed by atoms with van der Waals surface area (Å²) in [5.41, 5.74) is 6.40. The van der Waals surface area contributed by atoms with Gasteiger partial charge in [0.05, 0.1) is 37.0 Å². The molecule has 13 nitrogen and oxygen atoms in total. The zero-order chi connectivity index (χ0) is 34.3. The molecular weight excluding hydrogens is 630 g/mol. The SMILES string of the molecule is CC(C)[C@H]1OC(=O)N[C@@H]1C(=O)NN(Cc1ccc(-c2ccccn2)cc1)C[C@H](O)[C@H](Cc1ccccc1)NC(=O)O[C@H]1CO[C@H]2OCC[C@H]21. The zero-order valence-corrected chi connectivity index (χ0v) is 27.6. The molecule has 0 saturated carbocycles. The van der Waals surface area contributed by atoms with Crippen molar-refractivity contribution < 1.29 is 38.4 Å². The number of ether oxygens (including phenoxy) is 4. The lowest BCUT2D eigenvalue weighted by molar-refractivity contribution is -0.130. The first kappa shape index (κ1) is 34.3. The molecule has 3 fully saturated rings. The van der Waals surface area contributed by atoms with Gasteiger partial charge in [0.25, 0.3) is 5.91 Å². The molecule has 260 valence electrons. The quantitative estimate of drug-likeness (QED) is 0.199. The molecule has 0 bridgehead atoms. The summed E-state index contributed by atoms with van der Waals surface area (Å²) in [6, 6.07) is 21.2. The van der Waals surface area contributed by atoms with Crippen LogP contribution < -0.4 is 16.1 Å². The van der Waals surface area contributed by atoms with Crippen molar-refractivity contribution >= 4 is 18.1 Å². The second-order valence-corrected chi connectivity index (χ2v) is 13.0. The van der Waals surface area contributed by atoms with E-state index in [0.717, 1.165) is 28.8 Å². The summed E-state index contributed by atoms with van der Waals surface area (Å²) in [5.74, 6) is -0.633. The Labute approximate surface area is 285 Å². The lowest BCUT2D eigenvalue weighted by Gasteiger charge is -2.32. The first-order valence-electron chi connectivity index (χ1n) is 16.7. The van der Waals surface area contributed by atoms with Crippen molar-refractivity contribution in [1.29, 1.82) is 0 Å². The number of alkyl carbamates (subject to hydrolysis) is 2. The van der Waals surface area contributed by atoms with Gasteiger partial charge in [-0.05, 0) is 42.0 Å². The highest BCUT2D eigenvalue weighted by molar-refractivity contribution is 5.88. The Bertz CT molecular complexity index is 1560. The van der Waals surface area contributed by atoms with Crippen LogP contribution in [0.3, 0.4) is 0 Å². The van der Waals surface area contributed by atoms with E-state index in [0.29, 0.717) is 13.0 Å². The van der Waals surface area contributed by atoms with Crippen LogP contribution in [0.15, 0.2) is 79.0 Å². The smallest absolute Gasteiger partial charge is 0.408 e. The van der Waals surface area contributed by atoms with Gasteiger partial charge in [-0.15, -0.1) is 0 Å². The lowest BCUT2D eigenvalue weighted by Crippen LogP contribution is -2.57. The normalized spacial score (nSPS) is 24.2. The minimum Gasteiger partial charge on any atom is -0.443 e. The first-order valence-corrected chi connectivity index (χ1v) is 16.7. The van der Waals surface area contributed by atoms with Crippen molar-refractivity contribution in [2.75, 3.05) is 19.8 Å².